The Labute approximate surface area is 101 Å². The summed E-state index contributed by atoms with van der Waals surface area (Å²) in [7, 11) is 0. The molecule has 0 atom stereocenters. The molecule has 0 radical (unpaired) electrons. The van der Waals surface area contributed by atoms with Crippen LogP contribution in [0.1, 0.15) is 5.69 Å². The molecule has 2 aromatic rings. The van der Waals surface area contributed by atoms with E-state index < -0.39 is 0 Å². The van der Waals surface area contributed by atoms with Crippen molar-refractivity contribution in [1.82, 2.24) is 4.98 Å². The summed E-state index contributed by atoms with van der Waals surface area (Å²) >= 11 is 7.23. The first-order valence-electron chi connectivity index (χ1n) is 4.49. The normalized spacial score (nSPS) is 10.1. The third-order valence-electron chi connectivity index (χ3n) is 1.99. The lowest BCUT2D eigenvalue weighted by atomic mass is 10.2. The van der Waals surface area contributed by atoms with Crippen LogP contribution in [0.3, 0.4) is 0 Å². The number of thiazole rings is 1. The van der Waals surface area contributed by atoms with Crippen molar-refractivity contribution < 1.29 is 4.39 Å². The van der Waals surface area contributed by atoms with Gasteiger partial charge in [-0.1, -0.05) is 11.6 Å². The zero-order valence-electron chi connectivity index (χ0n) is 8.08. The van der Waals surface area contributed by atoms with Crippen molar-refractivity contribution in [2.24, 2.45) is 0 Å². The van der Waals surface area contributed by atoms with Gasteiger partial charge in [-0.15, -0.1) is 11.3 Å². The third-order valence-corrected chi connectivity index (χ3v) is 3.37. The Morgan fingerprint density at radius 1 is 1.38 bits per heavy atom. The summed E-state index contributed by atoms with van der Waals surface area (Å²) in [6, 6.07) is 8.02. The predicted molar refractivity (Wildman–Crippen MR) is 61.8 cm³/mol. The van der Waals surface area contributed by atoms with E-state index in [1.165, 1.54) is 23.5 Å². The van der Waals surface area contributed by atoms with E-state index in [2.05, 4.69) is 4.98 Å². The molecule has 0 saturated heterocycles. The van der Waals surface area contributed by atoms with E-state index in [0.29, 0.717) is 15.0 Å². The molecule has 0 bridgehead atoms. The van der Waals surface area contributed by atoms with Crippen LogP contribution in [0, 0.1) is 17.1 Å². The van der Waals surface area contributed by atoms with Crippen molar-refractivity contribution in [2.45, 2.75) is 6.42 Å². The molecule has 0 aliphatic heterocycles. The molecule has 1 aromatic carbocycles. The molecule has 0 aliphatic rings. The van der Waals surface area contributed by atoms with Gasteiger partial charge in [-0.3, -0.25) is 0 Å². The average Bonchev–Trinajstić information content (AvgIpc) is 2.62. The number of benzene rings is 1. The molecule has 2 nitrogen and oxygen atoms in total. The van der Waals surface area contributed by atoms with Crippen LogP contribution in [0.5, 0.6) is 0 Å². The molecule has 2 rings (SSSR count). The fourth-order valence-corrected chi connectivity index (χ4v) is 2.38. The molecule has 1 heterocycles. The number of hydrogen-bond donors (Lipinski definition) is 0. The van der Waals surface area contributed by atoms with Crippen molar-refractivity contribution >= 4 is 22.9 Å². The minimum absolute atomic E-state index is 0.191. The van der Waals surface area contributed by atoms with Gasteiger partial charge in [0.05, 0.1) is 18.2 Å². The number of nitriles is 1. The maximum atomic E-state index is 12.7. The van der Waals surface area contributed by atoms with Crippen molar-refractivity contribution in [3.05, 3.63) is 40.1 Å². The topological polar surface area (TPSA) is 36.7 Å². The Hall–Kier alpha value is -1.44. The lowest BCUT2D eigenvalue weighted by Gasteiger charge is -1.94. The zero-order valence-corrected chi connectivity index (χ0v) is 9.65. The summed E-state index contributed by atoms with van der Waals surface area (Å²) in [6.45, 7) is 0. The smallest absolute Gasteiger partial charge is 0.125 e. The lowest BCUT2D eigenvalue weighted by Crippen LogP contribution is -1.83. The molecule has 0 aliphatic carbocycles. The first-order chi connectivity index (χ1) is 7.70. The molecule has 0 unspecified atom stereocenters. The first-order valence-corrected chi connectivity index (χ1v) is 5.68. The molecule has 0 spiro atoms. The molecule has 16 heavy (non-hydrogen) atoms. The van der Waals surface area contributed by atoms with E-state index in [1.54, 1.807) is 12.1 Å². The second-order valence-electron chi connectivity index (χ2n) is 3.08. The summed E-state index contributed by atoms with van der Waals surface area (Å²) < 4.78 is 13.2. The molecule has 0 amide bonds. The molecular weight excluding hydrogens is 247 g/mol. The Morgan fingerprint density at radius 3 is 2.69 bits per heavy atom. The maximum Gasteiger partial charge on any atom is 0.125 e. The van der Waals surface area contributed by atoms with E-state index in [-0.39, 0.29) is 12.2 Å². The van der Waals surface area contributed by atoms with Crippen LogP contribution in [0.2, 0.25) is 4.34 Å². The monoisotopic (exact) mass is 252 g/mol. The Kier molecular flexibility index (Phi) is 3.18. The summed E-state index contributed by atoms with van der Waals surface area (Å²) in [5, 5.41) is 9.27. The lowest BCUT2D eigenvalue weighted by molar-refractivity contribution is 0.628. The van der Waals surface area contributed by atoms with Crippen LogP contribution in [0.4, 0.5) is 4.39 Å². The molecule has 0 fully saturated rings. The standard InChI is InChI=1S/C11H6ClFN2S/c12-10-9(5-6-14)15-11(16-10)7-1-3-8(13)4-2-7/h1-4H,5H2. The SMILES string of the molecule is N#CCc1nc(-c2ccc(F)cc2)sc1Cl. The summed E-state index contributed by atoms with van der Waals surface area (Å²) in [5.74, 6) is -0.288. The summed E-state index contributed by atoms with van der Waals surface area (Å²) in [4.78, 5) is 4.24. The predicted octanol–water partition coefficient (Wildman–Crippen LogP) is 3.67. The molecule has 5 heteroatoms. The third kappa shape index (κ3) is 2.21. The molecule has 80 valence electrons. The average molecular weight is 253 g/mol. The fraction of sp³-hybridized carbons (Fsp3) is 0.0909. The summed E-state index contributed by atoms with van der Waals surface area (Å²) in [5.41, 5.74) is 1.38. The van der Waals surface area contributed by atoms with Gasteiger partial charge in [0.1, 0.15) is 15.2 Å². The minimum atomic E-state index is -0.288. The van der Waals surface area contributed by atoms with Gasteiger partial charge >= 0.3 is 0 Å². The van der Waals surface area contributed by atoms with E-state index in [0.717, 1.165) is 5.56 Å². The van der Waals surface area contributed by atoms with Crippen molar-refractivity contribution in [3.63, 3.8) is 0 Å². The quantitative estimate of drug-likeness (QED) is 0.818. The Bertz CT molecular complexity index is 542. The van der Waals surface area contributed by atoms with Crippen LogP contribution in [-0.2, 0) is 6.42 Å². The van der Waals surface area contributed by atoms with Crippen LogP contribution in [0.15, 0.2) is 24.3 Å². The van der Waals surface area contributed by atoms with Crippen molar-refractivity contribution in [2.75, 3.05) is 0 Å². The molecule has 1 aromatic heterocycles. The molecular formula is C11H6ClFN2S. The summed E-state index contributed by atoms with van der Waals surface area (Å²) in [6.07, 6.45) is 0.191. The number of nitrogens with zero attached hydrogens (tertiary/aromatic N) is 2. The number of halogens is 2. The van der Waals surface area contributed by atoms with Crippen LogP contribution >= 0.6 is 22.9 Å². The maximum absolute atomic E-state index is 12.7. The number of rotatable bonds is 2. The fourth-order valence-electron chi connectivity index (χ4n) is 1.23. The second kappa shape index (κ2) is 4.60. The van der Waals surface area contributed by atoms with Gasteiger partial charge in [0.25, 0.3) is 0 Å². The van der Waals surface area contributed by atoms with Gasteiger partial charge in [0.15, 0.2) is 0 Å². The van der Waals surface area contributed by atoms with Crippen LogP contribution in [-0.4, -0.2) is 4.98 Å². The van der Waals surface area contributed by atoms with E-state index in [1.807, 2.05) is 6.07 Å². The number of aromatic nitrogens is 1. The molecule has 0 saturated carbocycles. The van der Waals surface area contributed by atoms with Gasteiger partial charge in [-0.05, 0) is 24.3 Å². The first kappa shape index (κ1) is 11.1. The van der Waals surface area contributed by atoms with Crippen molar-refractivity contribution in [1.29, 1.82) is 5.26 Å². The van der Waals surface area contributed by atoms with Crippen molar-refractivity contribution in [3.8, 4) is 16.6 Å². The van der Waals surface area contributed by atoms with Gasteiger partial charge in [0, 0.05) is 5.56 Å². The Balaban J connectivity index is 2.38. The Morgan fingerprint density at radius 2 is 2.06 bits per heavy atom. The highest BCUT2D eigenvalue weighted by atomic mass is 35.5. The second-order valence-corrected chi connectivity index (χ2v) is 4.68. The highest BCUT2D eigenvalue weighted by Gasteiger charge is 2.10. The minimum Gasteiger partial charge on any atom is -0.238 e. The highest BCUT2D eigenvalue weighted by molar-refractivity contribution is 7.19. The molecule has 0 N–H and O–H groups in total. The van der Waals surface area contributed by atoms with E-state index in [9.17, 15) is 4.39 Å². The van der Waals surface area contributed by atoms with Gasteiger partial charge in [-0.25, -0.2) is 9.37 Å². The van der Waals surface area contributed by atoms with Crippen LogP contribution < -0.4 is 0 Å². The highest BCUT2D eigenvalue weighted by Crippen LogP contribution is 2.31. The zero-order chi connectivity index (χ0) is 11.5. The van der Waals surface area contributed by atoms with Gasteiger partial charge in [0.2, 0.25) is 0 Å². The van der Waals surface area contributed by atoms with E-state index >= 15 is 0 Å². The van der Waals surface area contributed by atoms with Gasteiger partial charge in [-0.2, -0.15) is 5.26 Å². The largest absolute Gasteiger partial charge is 0.238 e. The van der Waals surface area contributed by atoms with Crippen LogP contribution in [0.25, 0.3) is 10.6 Å². The van der Waals surface area contributed by atoms with E-state index in [4.69, 9.17) is 16.9 Å². The number of hydrogen-bond acceptors (Lipinski definition) is 3. The van der Waals surface area contributed by atoms with Gasteiger partial charge < -0.3 is 0 Å².